The second-order valence-corrected chi connectivity index (χ2v) is 9.21. The molecule has 2 amide bonds. The topological polar surface area (TPSA) is 129 Å². The molecule has 1 saturated heterocycles. The molecule has 1 atom stereocenters. The van der Waals surface area contributed by atoms with Crippen LogP contribution >= 0.6 is 11.8 Å². The first-order chi connectivity index (χ1) is 15.4. The van der Waals surface area contributed by atoms with Crippen LogP contribution in [-0.4, -0.2) is 76.1 Å². The molecule has 176 valence electrons. The van der Waals surface area contributed by atoms with Gasteiger partial charge >= 0.3 is 0 Å². The lowest BCUT2D eigenvalue weighted by Crippen LogP contribution is -2.48. The Morgan fingerprint density at radius 3 is 2.94 bits per heavy atom. The Balaban J connectivity index is 1.51. The average Bonchev–Trinajstić information content (AvgIpc) is 3.39. The van der Waals surface area contributed by atoms with E-state index < -0.39 is 5.91 Å². The highest BCUT2D eigenvalue weighted by Crippen LogP contribution is 2.20. The molecule has 1 aliphatic rings. The lowest BCUT2D eigenvalue weighted by molar-refractivity contribution is -0.120. The molecule has 3 heterocycles. The molecule has 0 aliphatic carbocycles. The molecule has 3 rings (SSSR count). The van der Waals surface area contributed by atoms with Crippen molar-refractivity contribution in [2.45, 2.75) is 44.5 Å². The lowest BCUT2D eigenvalue weighted by Gasteiger charge is -2.33. The van der Waals surface area contributed by atoms with Gasteiger partial charge in [-0.15, -0.1) is 10.2 Å². The number of nitrogens with zero attached hydrogens (tertiary/aromatic N) is 4. The Morgan fingerprint density at radius 1 is 1.38 bits per heavy atom. The summed E-state index contributed by atoms with van der Waals surface area (Å²) in [4.78, 5) is 26.0. The Hall–Kier alpha value is -2.37. The normalized spacial score (nSPS) is 17.0. The van der Waals surface area contributed by atoms with Gasteiger partial charge in [-0.2, -0.15) is 0 Å². The smallest absolute Gasteiger partial charge is 0.230 e. The number of nitrogens with two attached hydrogens (primary N) is 1. The van der Waals surface area contributed by atoms with Gasteiger partial charge in [0.25, 0.3) is 0 Å². The third kappa shape index (κ3) is 7.64. The third-order valence-corrected chi connectivity index (χ3v) is 5.95. The molecule has 3 N–H and O–H groups in total. The van der Waals surface area contributed by atoms with Gasteiger partial charge in [0.2, 0.25) is 11.8 Å². The SMILES string of the molecule is CC(C)CN1CCOC(CNC(=O)CSc2nnc(CCC(N)=O)n2Cc2ccco2)C1. The van der Waals surface area contributed by atoms with Crippen LogP contribution in [0, 0.1) is 5.92 Å². The number of hydrogen-bond donors (Lipinski definition) is 2. The summed E-state index contributed by atoms with van der Waals surface area (Å²) in [5, 5.41) is 11.9. The lowest BCUT2D eigenvalue weighted by atomic mass is 10.2. The van der Waals surface area contributed by atoms with E-state index in [1.807, 2.05) is 10.6 Å². The number of aryl methyl sites for hydroxylation is 1. The fourth-order valence-electron chi connectivity index (χ4n) is 3.56. The van der Waals surface area contributed by atoms with E-state index in [1.165, 1.54) is 11.8 Å². The molecular weight excluding hydrogens is 432 g/mol. The summed E-state index contributed by atoms with van der Waals surface area (Å²) in [5.41, 5.74) is 5.27. The van der Waals surface area contributed by atoms with E-state index in [-0.39, 0.29) is 24.2 Å². The fraction of sp³-hybridized carbons (Fsp3) is 0.619. The maximum absolute atomic E-state index is 12.4. The zero-order chi connectivity index (χ0) is 22.9. The van der Waals surface area contributed by atoms with Crippen LogP contribution in [0.1, 0.15) is 31.9 Å². The number of thioether (sulfide) groups is 1. The second-order valence-electron chi connectivity index (χ2n) is 8.27. The summed E-state index contributed by atoms with van der Waals surface area (Å²) in [7, 11) is 0. The number of hydrogen-bond acceptors (Lipinski definition) is 8. The standard InChI is InChI=1S/C21H32N6O4S/c1-15(2)11-26-7-9-31-17(12-26)10-23-20(29)14-32-21-25-24-19(6-5-18(22)28)27(21)13-16-4-3-8-30-16/h3-4,8,15,17H,5-7,9-14H2,1-2H3,(H2,22,28)(H,23,29). The zero-order valence-electron chi connectivity index (χ0n) is 18.7. The van der Waals surface area contributed by atoms with Gasteiger partial charge in [0.05, 0.1) is 31.3 Å². The van der Waals surface area contributed by atoms with E-state index >= 15 is 0 Å². The molecule has 11 heteroatoms. The van der Waals surface area contributed by atoms with Crippen molar-refractivity contribution in [2.24, 2.45) is 11.7 Å². The number of primary amides is 1. The Morgan fingerprint density at radius 2 is 2.22 bits per heavy atom. The Kier molecular flexibility index (Phi) is 9.12. The second kappa shape index (κ2) is 12.0. The number of morpholine rings is 1. The van der Waals surface area contributed by atoms with Crippen molar-refractivity contribution in [3.05, 3.63) is 30.0 Å². The minimum Gasteiger partial charge on any atom is -0.467 e. The van der Waals surface area contributed by atoms with Crippen LogP contribution in [0.25, 0.3) is 0 Å². The zero-order valence-corrected chi connectivity index (χ0v) is 19.5. The molecule has 1 fully saturated rings. The van der Waals surface area contributed by atoms with E-state index in [4.69, 9.17) is 14.9 Å². The number of nitrogens with one attached hydrogen (secondary N) is 1. The summed E-state index contributed by atoms with van der Waals surface area (Å²) in [6.45, 7) is 8.78. The van der Waals surface area contributed by atoms with Crippen molar-refractivity contribution in [3.63, 3.8) is 0 Å². The molecule has 2 aromatic rings. The third-order valence-electron chi connectivity index (χ3n) is 4.99. The average molecular weight is 465 g/mol. The number of aromatic nitrogens is 3. The molecular formula is C21H32N6O4S. The number of carbonyl (C=O) groups excluding carboxylic acids is 2. The Labute approximate surface area is 192 Å². The highest BCUT2D eigenvalue weighted by Gasteiger charge is 2.22. The predicted molar refractivity (Wildman–Crippen MR) is 120 cm³/mol. The summed E-state index contributed by atoms with van der Waals surface area (Å²) in [6.07, 6.45) is 2.15. The van der Waals surface area contributed by atoms with Crippen LogP contribution in [0.2, 0.25) is 0 Å². The molecule has 0 bridgehead atoms. The number of carbonyl (C=O) groups is 2. The largest absolute Gasteiger partial charge is 0.467 e. The van der Waals surface area contributed by atoms with Crippen LogP contribution in [0.3, 0.4) is 0 Å². The summed E-state index contributed by atoms with van der Waals surface area (Å²) in [5.74, 6) is 1.68. The maximum atomic E-state index is 12.4. The van der Waals surface area contributed by atoms with E-state index in [1.54, 1.807) is 12.3 Å². The fourth-order valence-corrected chi connectivity index (χ4v) is 4.34. The van der Waals surface area contributed by atoms with Gasteiger partial charge in [-0.25, -0.2) is 0 Å². The minimum absolute atomic E-state index is 0.000502. The summed E-state index contributed by atoms with van der Waals surface area (Å²) in [6, 6.07) is 3.66. The summed E-state index contributed by atoms with van der Waals surface area (Å²) >= 11 is 1.30. The van der Waals surface area contributed by atoms with E-state index in [9.17, 15) is 9.59 Å². The highest BCUT2D eigenvalue weighted by atomic mass is 32.2. The predicted octanol–water partition coefficient (Wildman–Crippen LogP) is 0.902. The van der Waals surface area contributed by atoms with Crippen molar-refractivity contribution in [1.29, 1.82) is 0 Å². The monoisotopic (exact) mass is 464 g/mol. The first-order valence-electron chi connectivity index (χ1n) is 10.9. The molecule has 2 aromatic heterocycles. The molecule has 0 saturated carbocycles. The van der Waals surface area contributed by atoms with Gasteiger partial charge in [-0.3, -0.25) is 19.1 Å². The van der Waals surface area contributed by atoms with E-state index in [0.29, 0.717) is 43.0 Å². The van der Waals surface area contributed by atoms with Gasteiger partial charge < -0.3 is 20.2 Å². The maximum Gasteiger partial charge on any atom is 0.230 e. The van der Waals surface area contributed by atoms with Gasteiger partial charge in [-0.05, 0) is 18.1 Å². The molecule has 0 aromatic carbocycles. The van der Waals surface area contributed by atoms with Gasteiger partial charge in [0.1, 0.15) is 11.6 Å². The van der Waals surface area contributed by atoms with Crippen molar-refractivity contribution < 1.29 is 18.7 Å². The minimum atomic E-state index is -0.400. The quantitative estimate of drug-likeness (QED) is 0.444. The number of rotatable bonds is 12. The van der Waals surface area contributed by atoms with Gasteiger partial charge in [-0.1, -0.05) is 25.6 Å². The van der Waals surface area contributed by atoms with Crippen LogP contribution in [0.15, 0.2) is 28.0 Å². The van der Waals surface area contributed by atoms with Crippen LogP contribution in [0.5, 0.6) is 0 Å². The first kappa shape index (κ1) is 24.3. The molecule has 32 heavy (non-hydrogen) atoms. The molecule has 1 unspecified atom stereocenters. The van der Waals surface area contributed by atoms with Crippen LogP contribution < -0.4 is 11.1 Å². The molecule has 0 radical (unpaired) electrons. The molecule has 1 aliphatic heterocycles. The van der Waals surface area contributed by atoms with Crippen LogP contribution in [-0.2, 0) is 27.3 Å². The number of furan rings is 1. The van der Waals surface area contributed by atoms with E-state index in [0.717, 1.165) is 25.4 Å². The molecule has 0 spiro atoms. The van der Waals surface area contributed by atoms with Crippen molar-refractivity contribution >= 4 is 23.6 Å². The highest BCUT2D eigenvalue weighted by molar-refractivity contribution is 7.99. The van der Waals surface area contributed by atoms with Gasteiger partial charge in [0, 0.05) is 39.0 Å². The van der Waals surface area contributed by atoms with Crippen LogP contribution in [0.4, 0.5) is 0 Å². The van der Waals surface area contributed by atoms with Crippen molar-refractivity contribution in [3.8, 4) is 0 Å². The van der Waals surface area contributed by atoms with Crippen molar-refractivity contribution in [1.82, 2.24) is 25.0 Å². The van der Waals surface area contributed by atoms with Gasteiger partial charge in [0.15, 0.2) is 5.16 Å². The summed E-state index contributed by atoms with van der Waals surface area (Å²) < 4.78 is 13.1. The van der Waals surface area contributed by atoms with E-state index in [2.05, 4.69) is 34.3 Å². The Bertz CT molecular complexity index is 870. The molecule has 10 nitrogen and oxygen atoms in total. The number of amides is 2. The number of ether oxygens (including phenoxy) is 1. The van der Waals surface area contributed by atoms with Crippen molar-refractivity contribution in [2.75, 3.05) is 38.5 Å². The first-order valence-corrected chi connectivity index (χ1v) is 11.9.